The highest BCUT2D eigenvalue weighted by molar-refractivity contribution is 14.0. The molecule has 0 bridgehead atoms. The molecule has 4 nitrogen and oxygen atoms in total. The van der Waals surface area contributed by atoms with E-state index in [0.717, 1.165) is 48.8 Å². The van der Waals surface area contributed by atoms with Crippen LogP contribution in [0.4, 0.5) is 4.39 Å². The highest BCUT2D eigenvalue weighted by atomic mass is 127. The van der Waals surface area contributed by atoms with Crippen LogP contribution in [0.15, 0.2) is 34.2 Å². The Labute approximate surface area is 165 Å². The molecular weight excluding hydrogens is 440 g/mol. The van der Waals surface area contributed by atoms with Gasteiger partial charge >= 0.3 is 0 Å². The second kappa shape index (κ2) is 11.9. The van der Waals surface area contributed by atoms with Gasteiger partial charge in [-0.2, -0.15) is 0 Å². The highest BCUT2D eigenvalue weighted by Gasteiger charge is 2.21. The number of hydrogen-bond donors (Lipinski definition) is 1. The maximum absolute atomic E-state index is 12.8. The first-order valence-electron chi connectivity index (χ1n) is 8.07. The summed E-state index contributed by atoms with van der Waals surface area (Å²) in [6.07, 6.45) is 2.65. The van der Waals surface area contributed by atoms with E-state index in [1.807, 2.05) is 7.05 Å². The molecule has 1 fully saturated rings. The fourth-order valence-corrected chi connectivity index (χ4v) is 2.86. The van der Waals surface area contributed by atoms with E-state index in [1.165, 1.54) is 25.0 Å². The zero-order chi connectivity index (χ0) is 16.5. The van der Waals surface area contributed by atoms with Crippen LogP contribution in [0.5, 0.6) is 0 Å². The number of ether oxygens (including phenoxy) is 1. The third-order valence-electron chi connectivity index (χ3n) is 3.66. The largest absolute Gasteiger partial charge is 0.379 e. The average molecular weight is 467 g/mol. The third kappa shape index (κ3) is 8.53. The van der Waals surface area contributed by atoms with Crippen molar-refractivity contribution in [2.75, 3.05) is 46.2 Å². The average Bonchev–Trinajstić information content (AvgIpc) is 3.37. The Bertz CT molecular complexity index is 497. The van der Waals surface area contributed by atoms with E-state index in [-0.39, 0.29) is 29.8 Å². The topological polar surface area (TPSA) is 36.9 Å². The second-order valence-corrected chi connectivity index (χ2v) is 6.88. The molecular formula is C17H27FIN3OS. The Hall–Kier alpha value is -0.540. The summed E-state index contributed by atoms with van der Waals surface area (Å²) < 4.78 is 18.5. The standard InChI is InChI=1S/C17H26FN3OS.HI/c1-19-17(21(2)10-11-22-13-14-3-4-14)20-9-12-23-16-7-5-15(18)6-8-16;/h5-8,14H,3-4,9-13H2,1-2H3,(H,19,20);1H. The fourth-order valence-electron chi connectivity index (χ4n) is 2.09. The van der Waals surface area contributed by atoms with Gasteiger partial charge in [-0.25, -0.2) is 4.39 Å². The summed E-state index contributed by atoms with van der Waals surface area (Å²) in [5, 5.41) is 3.34. The summed E-state index contributed by atoms with van der Waals surface area (Å²) >= 11 is 1.70. The van der Waals surface area contributed by atoms with Crippen molar-refractivity contribution < 1.29 is 9.13 Å². The van der Waals surface area contributed by atoms with Crippen LogP contribution in [0.1, 0.15) is 12.8 Å². The molecule has 0 atom stereocenters. The molecule has 1 saturated carbocycles. The molecule has 2 rings (SSSR count). The first-order chi connectivity index (χ1) is 11.2. The van der Waals surface area contributed by atoms with E-state index in [2.05, 4.69) is 15.2 Å². The number of nitrogens with zero attached hydrogens (tertiary/aromatic N) is 2. The van der Waals surface area contributed by atoms with Crippen molar-refractivity contribution in [3.8, 4) is 0 Å². The lowest BCUT2D eigenvalue weighted by Crippen LogP contribution is -2.41. The molecule has 0 aliphatic heterocycles. The quantitative estimate of drug-likeness (QED) is 0.199. The lowest BCUT2D eigenvalue weighted by molar-refractivity contribution is 0.115. The molecule has 24 heavy (non-hydrogen) atoms. The van der Waals surface area contributed by atoms with Crippen LogP contribution >= 0.6 is 35.7 Å². The summed E-state index contributed by atoms with van der Waals surface area (Å²) in [6, 6.07) is 6.59. The van der Waals surface area contributed by atoms with Crippen LogP contribution in [0, 0.1) is 11.7 Å². The Morgan fingerprint density at radius 3 is 2.71 bits per heavy atom. The number of nitrogens with one attached hydrogen (secondary N) is 1. The maximum atomic E-state index is 12.8. The molecule has 0 radical (unpaired) electrons. The van der Waals surface area contributed by atoms with E-state index in [0.29, 0.717) is 0 Å². The predicted octanol–water partition coefficient (Wildman–Crippen LogP) is 3.47. The minimum absolute atomic E-state index is 0. The summed E-state index contributed by atoms with van der Waals surface area (Å²) in [5.41, 5.74) is 0. The van der Waals surface area contributed by atoms with Crippen LogP contribution in [-0.4, -0.2) is 57.0 Å². The van der Waals surface area contributed by atoms with Crippen LogP contribution < -0.4 is 5.32 Å². The van der Waals surface area contributed by atoms with Crippen molar-refractivity contribution in [1.82, 2.24) is 10.2 Å². The second-order valence-electron chi connectivity index (χ2n) is 5.72. The molecule has 0 saturated heterocycles. The molecule has 0 amide bonds. The van der Waals surface area contributed by atoms with Gasteiger partial charge in [0, 0.05) is 44.4 Å². The first kappa shape index (κ1) is 21.5. The highest BCUT2D eigenvalue weighted by Crippen LogP contribution is 2.28. The number of rotatable bonds is 9. The Balaban J connectivity index is 0.00000288. The summed E-state index contributed by atoms with van der Waals surface area (Å²) in [6.45, 7) is 3.27. The predicted molar refractivity (Wildman–Crippen MR) is 110 cm³/mol. The number of guanidine groups is 1. The molecule has 0 heterocycles. The van der Waals surface area contributed by atoms with Gasteiger partial charge in [0.25, 0.3) is 0 Å². The first-order valence-corrected chi connectivity index (χ1v) is 9.05. The van der Waals surface area contributed by atoms with Gasteiger partial charge in [-0.3, -0.25) is 4.99 Å². The van der Waals surface area contributed by atoms with E-state index in [4.69, 9.17) is 4.74 Å². The molecule has 7 heteroatoms. The summed E-state index contributed by atoms with van der Waals surface area (Å²) in [7, 11) is 3.81. The van der Waals surface area contributed by atoms with E-state index >= 15 is 0 Å². The van der Waals surface area contributed by atoms with Crippen molar-refractivity contribution in [2.24, 2.45) is 10.9 Å². The van der Waals surface area contributed by atoms with Crippen molar-refractivity contribution in [3.05, 3.63) is 30.1 Å². The van der Waals surface area contributed by atoms with Gasteiger partial charge in [-0.15, -0.1) is 35.7 Å². The van der Waals surface area contributed by atoms with Gasteiger partial charge in [0.15, 0.2) is 5.96 Å². The minimum atomic E-state index is -0.196. The smallest absolute Gasteiger partial charge is 0.193 e. The van der Waals surface area contributed by atoms with Crippen molar-refractivity contribution >= 4 is 41.7 Å². The molecule has 1 aliphatic rings. The zero-order valence-corrected chi connectivity index (χ0v) is 17.5. The monoisotopic (exact) mass is 467 g/mol. The summed E-state index contributed by atoms with van der Waals surface area (Å²) in [5.74, 6) is 2.38. The minimum Gasteiger partial charge on any atom is -0.379 e. The van der Waals surface area contributed by atoms with Gasteiger partial charge in [-0.1, -0.05) is 0 Å². The molecule has 1 aliphatic carbocycles. The lowest BCUT2D eigenvalue weighted by Gasteiger charge is -2.22. The van der Waals surface area contributed by atoms with Crippen LogP contribution in [0.25, 0.3) is 0 Å². The van der Waals surface area contributed by atoms with Crippen molar-refractivity contribution in [1.29, 1.82) is 0 Å². The van der Waals surface area contributed by atoms with Gasteiger partial charge < -0.3 is 15.0 Å². The maximum Gasteiger partial charge on any atom is 0.193 e. The third-order valence-corrected chi connectivity index (χ3v) is 4.68. The van der Waals surface area contributed by atoms with Crippen LogP contribution in [-0.2, 0) is 4.74 Å². The summed E-state index contributed by atoms with van der Waals surface area (Å²) in [4.78, 5) is 7.44. The van der Waals surface area contributed by atoms with Gasteiger partial charge in [0.05, 0.1) is 6.61 Å². The molecule has 136 valence electrons. The zero-order valence-electron chi connectivity index (χ0n) is 14.3. The van der Waals surface area contributed by atoms with Crippen molar-refractivity contribution in [3.63, 3.8) is 0 Å². The Kier molecular flexibility index (Phi) is 10.7. The molecule has 1 N–H and O–H groups in total. The number of aliphatic imine (C=N–C) groups is 1. The van der Waals surface area contributed by atoms with E-state index in [9.17, 15) is 4.39 Å². The molecule has 1 aromatic carbocycles. The number of halogens is 2. The van der Waals surface area contributed by atoms with Gasteiger partial charge in [0.2, 0.25) is 0 Å². The molecule has 0 spiro atoms. The van der Waals surface area contributed by atoms with E-state index < -0.39 is 0 Å². The van der Waals surface area contributed by atoms with Crippen molar-refractivity contribution in [2.45, 2.75) is 17.7 Å². The molecule has 0 unspecified atom stereocenters. The molecule has 1 aromatic rings. The lowest BCUT2D eigenvalue weighted by atomic mass is 10.4. The Morgan fingerprint density at radius 2 is 2.08 bits per heavy atom. The van der Waals surface area contributed by atoms with Gasteiger partial charge in [0.1, 0.15) is 5.82 Å². The number of thioether (sulfide) groups is 1. The van der Waals surface area contributed by atoms with Crippen LogP contribution in [0.3, 0.4) is 0 Å². The van der Waals surface area contributed by atoms with Gasteiger partial charge in [-0.05, 0) is 43.0 Å². The SMILES string of the molecule is CN=C(NCCSc1ccc(F)cc1)N(C)CCOCC1CC1.I. The van der Waals surface area contributed by atoms with Crippen LogP contribution in [0.2, 0.25) is 0 Å². The fraction of sp³-hybridized carbons (Fsp3) is 0.588. The van der Waals surface area contributed by atoms with E-state index in [1.54, 1.807) is 30.9 Å². The normalized spacial score (nSPS) is 14.2. The molecule has 0 aromatic heterocycles. The number of likely N-dealkylation sites (N-methyl/N-ethyl adjacent to an activating group) is 1. The Morgan fingerprint density at radius 1 is 1.38 bits per heavy atom. The number of benzene rings is 1. The number of hydrogen-bond acceptors (Lipinski definition) is 3.